The van der Waals surface area contributed by atoms with Gasteiger partial charge in [0.25, 0.3) is 5.91 Å². The fourth-order valence-electron chi connectivity index (χ4n) is 2.79. The zero-order valence-electron chi connectivity index (χ0n) is 12.3. The van der Waals surface area contributed by atoms with Crippen molar-refractivity contribution < 1.29 is 14.3 Å². The van der Waals surface area contributed by atoms with Gasteiger partial charge in [0.15, 0.2) is 11.5 Å². The van der Waals surface area contributed by atoms with Gasteiger partial charge in [-0.3, -0.25) is 4.79 Å². The predicted octanol–water partition coefficient (Wildman–Crippen LogP) is 1.51. The molecule has 0 bridgehead atoms. The first-order chi connectivity index (χ1) is 9.56. The first-order valence-corrected chi connectivity index (χ1v) is 6.82. The zero-order valence-corrected chi connectivity index (χ0v) is 12.3. The van der Waals surface area contributed by atoms with Gasteiger partial charge < -0.3 is 20.1 Å². The van der Waals surface area contributed by atoms with Crippen LogP contribution < -0.4 is 15.2 Å². The maximum absolute atomic E-state index is 12.7. The Labute approximate surface area is 119 Å². The molecule has 2 atom stereocenters. The molecule has 2 N–H and O–H groups in total. The Morgan fingerprint density at radius 2 is 2.05 bits per heavy atom. The third kappa shape index (κ3) is 2.88. The highest BCUT2D eigenvalue weighted by Crippen LogP contribution is 2.32. The van der Waals surface area contributed by atoms with E-state index in [0.29, 0.717) is 29.5 Å². The van der Waals surface area contributed by atoms with Crippen molar-refractivity contribution >= 4 is 5.91 Å². The van der Waals surface area contributed by atoms with Gasteiger partial charge in [0, 0.05) is 19.1 Å². The molecule has 1 aromatic rings. The minimum Gasteiger partial charge on any atom is -0.493 e. The smallest absolute Gasteiger partial charge is 0.257 e. The molecule has 1 aliphatic heterocycles. The molecule has 2 rings (SSSR count). The number of para-hydroxylation sites is 1. The average Bonchev–Trinajstić information content (AvgIpc) is 2.44. The van der Waals surface area contributed by atoms with Crippen LogP contribution in [0, 0.1) is 5.92 Å². The predicted molar refractivity (Wildman–Crippen MR) is 77.2 cm³/mol. The molecule has 1 fully saturated rings. The fourth-order valence-corrected chi connectivity index (χ4v) is 2.79. The van der Waals surface area contributed by atoms with Gasteiger partial charge in [0.2, 0.25) is 0 Å². The first-order valence-electron chi connectivity index (χ1n) is 6.82. The molecule has 2 unspecified atom stereocenters. The summed E-state index contributed by atoms with van der Waals surface area (Å²) in [5.74, 6) is 1.40. The number of methoxy groups -OCH3 is 2. The number of nitrogens with two attached hydrogens (primary N) is 1. The van der Waals surface area contributed by atoms with Crippen LogP contribution >= 0.6 is 0 Å². The van der Waals surface area contributed by atoms with Crippen molar-refractivity contribution in [3.8, 4) is 11.5 Å². The maximum atomic E-state index is 12.7. The van der Waals surface area contributed by atoms with E-state index in [1.807, 2.05) is 0 Å². The van der Waals surface area contributed by atoms with Crippen molar-refractivity contribution in [2.24, 2.45) is 11.7 Å². The van der Waals surface area contributed by atoms with Crippen molar-refractivity contribution in [1.82, 2.24) is 4.90 Å². The summed E-state index contributed by atoms with van der Waals surface area (Å²) in [4.78, 5) is 14.5. The van der Waals surface area contributed by atoms with Crippen molar-refractivity contribution in [2.75, 3.05) is 27.3 Å². The number of ether oxygens (including phenoxy) is 2. The van der Waals surface area contributed by atoms with E-state index in [0.717, 1.165) is 13.0 Å². The van der Waals surface area contributed by atoms with Crippen LogP contribution in [0.15, 0.2) is 18.2 Å². The number of benzene rings is 1. The number of rotatable bonds is 3. The van der Waals surface area contributed by atoms with Crippen LogP contribution in [0.4, 0.5) is 0 Å². The summed E-state index contributed by atoms with van der Waals surface area (Å²) in [6, 6.07) is 5.37. The quantitative estimate of drug-likeness (QED) is 0.910. The second-order valence-corrected chi connectivity index (χ2v) is 5.35. The highest BCUT2D eigenvalue weighted by molar-refractivity contribution is 5.98. The summed E-state index contributed by atoms with van der Waals surface area (Å²) in [6.45, 7) is 3.43. The van der Waals surface area contributed by atoms with Gasteiger partial charge in [-0.1, -0.05) is 13.0 Å². The normalized spacial score (nSPS) is 22.5. The van der Waals surface area contributed by atoms with Gasteiger partial charge in [0.05, 0.1) is 19.8 Å². The van der Waals surface area contributed by atoms with Crippen LogP contribution in [0.1, 0.15) is 23.7 Å². The number of nitrogens with zero attached hydrogens (tertiary/aromatic N) is 1. The Kier molecular flexibility index (Phi) is 4.49. The minimum atomic E-state index is -0.0530. The Morgan fingerprint density at radius 3 is 2.65 bits per heavy atom. The molecule has 0 saturated carbocycles. The van der Waals surface area contributed by atoms with E-state index in [1.54, 1.807) is 37.3 Å². The zero-order chi connectivity index (χ0) is 14.7. The molecule has 1 heterocycles. The molecule has 0 radical (unpaired) electrons. The standard InChI is InChI=1S/C15H22N2O3/c1-10-7-11(16)9-17(8-10)15(18)12-5-4-6-13(19-2)14(12)20-3/h4-6,10-11H,7-9,16H2,1-3H3. The van der Waals surface area contributed by atoms with E-state index in [1.165, 1.54) is 0 Å². The van der Waals surface area contributed by atoms with Gasteiger partial charge in [-0.15, -0.1) is 0 Å². The molecule has 20 heavy (non-hydrogen) atoms. The maximum Gasteiger partial charge on any atom is 0.257 e. The van der Waals surface area contributed by atoms with Gasteiger partial charge in [0.1, 0.15) is 0 Å². The van der Waals surface area contributed by atoms with E-state index in [9.17, 15) is 4.79 Å². The second kappa shape index (κ2) is 6.13. The minimum absolute atomic E-state index is 0.0410. The number of amides is 1. The number of carbonyl (C=O) groups is 1. The molecule has 1 aliphatic rings. The van der Waals surface area contributed by atoms with E-state index in [2.05, 4.69) is 6.92 Å². The molecule has 5 heteroatoms. The largest absolute Gasteiger partial charge is 0.493 e. The van der Waals surface area contributed by atoms with Crippen LogP contribution in [0.25, 0.3) is 0 Å². The van der Waals surface area contributed by atoms with E-state index in [-0.39, 0.29) is 11.9 Å². The number of hydrogen-bond acceptors (Lipinski definition) is 4. The van der Waals surface area contributed by atoms with Gasteiger partial charge in [-0.2, -0.15) is 0 Å². The molecular weight excluding hydrogens is 256 g/mol. The third-order valence-corrected chi connectivity index (χ3v) is 3.61. The summed E-state index contributed by atoms with van der Waals surface area (Å²) in [6.07, 6.45) is 0.957. The first kappa shape index (κ1) is 14.7. The Bertz CT molecular complexity index is 480. The molecule has 5 nitrogen and oxygen atoms in total. The van der Waals surface area contributed by atoms with Gasteiger partial charge in [-0.25, -0.2) is 0 Å². The second-order valence-electron chi connectivity index (χ2n) is 5.35. The van der Waals surface area contributed by atoms with Gasteiger partial charge >= 0.3 is 0 Å². The topological polar surface area (TPSA) is 64.8 Å². The highest BCUT2D eigenvalue weighted by atomic mass is 16.5. The van der Waals surface area contributed by atoms with Crippen molar-refractivity contribution in [3.05, 3.63) is 23.8 Å². The summed E-state index contributed by atoms with van der Waals surface area (Å²) in [5, 5.41) is 0. The van der Waals surface area contributed by atoms with Gasteiger partial charge in [-0.05, 0) is 24.5 Å². The van der Waals surface area contributed by atoms with Crippen molar-refractivity contribution in [1.29, 1.82) is 0 Å². The van der Waals surface area contributed by atoms with Crippen LogP contribution in [0.3, 0.4) is 0 Å². The monoisotopic (exact) mass is 278 g/mol. The average molecular weight is 278 g/mol. The number of likely N-dealkylation sites (tertiary alicyclic amines) is 1. The van der Waals surface area contributed by atoms with Crippen molar-refractivity contribution in [2.45, 2.75) is 19.4 Å². The lowest BCUT2D eigenvalue weighted by atomic mass is 9.96. The van der Waals surface area contributed by atoms with Crippen LogP contribution in [0.2, 0.25) is 0 Å². The Morgan fingerprint density at radius 1 is 1.30 bits per heavy atom. The van der Waals surface area contributed by atoms with E-state index >= 15 is 0 Å². The summed E-state index contributed by atoms with van der Waals surface area (Å²) in [5.41, 5.74) is 6.53. The molecule has 0 aliphatic carbocycles. The molecule has 0 spiro atoms. The highest BCUT2D eigenvalue weighted by Gasteiger charge is 2.28. The van der Waals surface area contributed by atoms with E-state index < -0.39 is 0 Å². The molecule has 1 saturated heterocycles. The Balaban J connectivity index is 2.29. The molecular formula is C15H22N2O3. The number of piperidine rings is 1. The number of hydrogen-bond donors (Lipinski definition) is 1. The third-order valence-electron chi connectivity index (χ3n) is 3.61. The summed E-state index contributed by atoms with van der Waals surface area (Å²) in [7, 11) is 3.10. The molecule has 1 amide bonds. The number of carbonyl (C=O) groups excluding carboxylic acids is 1. The van der Waals surface area contributed by atoms with Crippen LogP contribution in [-0.2, 0) is 0 Å². The SMILES string of the molecule is COc1cccc(C(=O)N2CC(C)CC(N)C2)c1OC. The van der Waals surface area contributed by atoms with Crippen LogP contribution in [0.5, 0.6) is 11.5 Å². The molecule has 0 aromatic heterocycles. The lowest BCUT2D eigenvalue weighted by Gasteiger charge is -2.35. The lowest BCUT2D eigenvalue weighted by molar-refractivity contribution is 0.0657. The fraction of sp³-hybridized carbons (Fsp3) is 0.533. The Hall–Kier alpha value is -1.75. The molecule has 110 valence electrons. The lowest BCUT2D eigenvalue weighted by Crippen LogP contribution is -2.48. The van der Waals surface area contributed by atoms with E-state index in [4.69, 9.17) is 15.2 Å². The van der Waals surface area contributed by atoms with Crippen molar-refractivity contribution in [3.63, 3.8) is 0 Å². The summed E-state index contributed by atoms with van der Waals surface area (Å²) < 4.78 is 10.6. The molecule has 1 aromatic carbocycles. The summed E-state index contributed by atoms with van der Waals surface area (Å²) >= 11 is 0. The van der Waals surface area contributed by atoms with Crippen LogP contribution in [-0.4, -0.2) is 44.2 Å².